The minimum absolute atomic E-state index is 0.0504. The van der Waals surface area contributed by atoms with Crippen LogP contribution in [0.15, 0.2) is 42.0 Å². The molecule has 1 unspecified atom stereocenters. The van der Waals surface area contributed by atoms with Crippen molar-refractivity contribution in [3.8, 4) is 5.75 Å². The standard InChI is InChI=1S/C24H27ClN2O4/c1-14-12-15(2)23(31-5)18(13-14)21(28)19-20(16-6-8-17(25)9-7-16)27(11-10-26(3)4)24(30)22(19)29/h6-9,12-13,20,28H,10-11H2,1-5H3/b21-19+. The molecule has 0 saturated carbocycles. The highest BCUT2D eigenvalue weighted by atomic mass is 35.5. The maximum Gasteiger partial charge on any atom is 0.295 e. The SMILES string of the molecule is COc1c(C)cc(C)cc1/C(O)=C1\C(=O)C(=O)N(CCN(C)C)C1c1ccc(Cl)cc1. The van der Waals surface area contributed by atoms with Gasteiger partial charge in [-0.1, -0.05) is 29.8 Å². The van der Waals surface area contributed by atoms with Crippen molar-refractivity contribution in [2.75, 3.05) is 34.3 Å². The minimum Gasteiger partial charge on any atom is -0.507 e. The van der Waals surface area contributed by atoms with Crippen LogP contribution in [-0.2, 0) is 9.59 Å². The molecule has 0 aromatic heterocycles. The van der Waals surface area contributed by atoms with Crippen LogP contribution in [0.4, 0.5) is 0 Å². The minimum atomic E-state index is -0.720. The van der Waals surface area contributed by atoms with Gasteiger partial charge >= 0.3 is 0 Å². The largest absolute Gasteiger partial charge is 0.507 e. The van der Waals surface area contributed by atoms with E-state index in [0.717, 1.165) is 11.1 Å². The molecular formula is C24H27ClN2O4. The average molecular weight is 443 g/mol. The molecule has 0 aliphatic carbocycles. The van der Waals surface area contributed by atoms with Crippen molar-refractivity contribution in [3.63, 3.8) is 0 Å². The summed E-state index contributed by atoms with van der Waals surface area (Å²) < 4.78 is 5.51. The van der Waals surface area contributed by atoms with Gasteiger partial charge < -0.3 is 19.6 Å². The van der Waals surface area contributed by atoms with Crippen molar-refractivity contribution in [1.82, 2.24) is 9.80 Å². The van der Waals surface area contributed by atoms with E-state index < -0.39 is 17.7 Å². The maximum absolute atomic E-state index is 13.1. The number of carbonyl (C=O) groups is 2. The number of halogens is 1. The number of carbonyl (C=O) groups excluding carboxylic acids is 2. The fourth-order valence-corrected chi connectivity index (χ4v) is 4.08. The van der Waals surface area contributed by atoms with Crippen LogP contribution < -0.4 is 4.74 Å². The summed E-state index contributed by atoms with van der Waals surface area (Å²) in [5.41, 5.74) is 2.88. The van der Waals surface area contributed by atoms with Gasteiger partial charge in [-0.05, 0) is 62.8 Å². The Morgan fingerprint density at radius 2 is 1.81 bits per heavy atom. The molecule has 1 aliphatic rings. The van der Waals surface area contributed by atoms with Crippen molar-refractivity contribution < 1.29 is 19.4 Å². The normalized spacial score (nSPS) is 18.2. The van der Waals surface area contributed by atoms with Crippen molar-refractivity contribution in [2.24, 2.45) is 0 Å². The molecule has 1 atom stereocenters. The number of likely N-dealkylation sites (tertiary alicyclic amines) is 1. The molecule has 0 radical (unpaired) electrons. The van der Waals surface area contributed by atoms with Gasteiger partial charge in [-0.3, -0.25) is 9.59 Å². The third-order valence-corrected chi connectivity index (χ3v) is 5.64. The van der Waals surface area contributed by atoms with Gasteiger partial charge in [-0.25, -0.2) is 0 Å². The third-order valence-electron chi connectivity index (χ3n) is 5.39. The van der Waals surface area contributed by atoms with Gasteiger partial charge in [0, 0.05) is 18.1 Å². The number of ether oxygens (including phenoxy) is 1. The van der Waals surface area contributed by atoms with Crippen molar-refractivity contribution in [3.05, 3.63) is 69.2 Å². The van der Waals surface area contributed by atoms with Gasteiger partial charge in [-0.2, -0.15) is 0 Å². The van der Waals surface area contributed by atoms with Crippen molar-refractivity contribution in [1.29, 1.82) is 0 Å². The molecule has 31 heavy (non-hydrogen) atoms. The monoisotopic (exact) mass is 442 g/mol. The maximum atomic E-state index is 13.1. The topological polar surface area (TPSA) is 70.1 Å². The molecule has 1 N–H and O–H groups in total. The summed E-state index contributed by atoms with van der Waals surface area (Å²) in [5.74, 6) is -1.11. The summed E-state index contributed by atoms with van der Waals surface area (Å²) in [6.45, 7) is 4.68. The third kappa shape index (κ3) is 4.45. The first-order valence-corrected chi connectivity index (χ1v) is 10.4. The zero-order valence-corrected chi connectivity index (χ0v) is 19.2. The summed E-state index contributed by atoms with van der Waals surface area (Å²) in [4.78, 5) is 29.5. The van der Waals surface area contributed by atoms with E-state index in [1.54, 1.807) is 30.3 Å². The Labute approximate surface area is 187 Å². The van der Waals surface area contributed by atoms with E-state index in [4.69, 9.17) is 16.3 Å². The second-order valence-electron chi connectivity index (χ2n) is 8.01. The molecule has 1 fully saturated rings. The predicted octanol–water partition coefficient (Wildman–Crippen LogP) is 3.95. The first-order chi connectivity index (χ1) is 14.6. The van der Waals surface area contributed by atoms with E-state index in [1.165, 1.54) is 12.0 Å². The van der Waals surface area contributed by atoms with Gasteiger partial charge in [0.1, 0.15) is 11.5 Å². The summed E-state index contributed by atoms with van der Waals surface area (Å²) in [5, 5.41) is 11.9. The number of rotatable bonds is 6. The van der Waals surface area contributed by atoms with E-state index in [9.17, 15) is 14.7 Å². The number of hydrogen-bond donors (Lipinski definition) is 1. The number of aliphatic hydroxyl groups excluding tert-OH is 1. The lowest BCUT2D eigenvalue weighted by atomic mass is 9.93. The molecule has 1 aliphatic heterocycles. The first-order valence-electron chi connectivity index (χ1n) is 10.00. The Bertz CT molecular complexity index is 1040. The zero-order valence-electron chi connectivity index (χ0n) is 18.4. The molecule has 3 rings (SSSR count). The van der Waals surface area contributed by atoms with Crippen LogP contribution in [-0.4, -0.2) is 60.9 Å². The Balaban J connectivity index is 2.23. The number of nitrogens with zero attached hydrogens (tertiary/aromatic N) is 2. The summed E-state index contributed by atoms with van der Waals surface area (Å²) >= 11 is 6.05. The quantitative estimate of drug-likeness (QED) is 0.416. The Morgan fingerprint density at radius 3 is 2.39 bits per heavy atom. The van der Waals surface area contributed by atoms with Crippen molar-refractivity contribution in [2.45, 2.75) is 19.9 Å². The van der Waals surface area contributed by atoms with Crippen LogP contribution in [0.2, 0.25) is 5.02 Å². The molecule has 2 aromatic rings. The van der Waals surface area contributed by atoms with Gasteiger partial charge in [0.2, 0.25) is 0 Å². The number of ketones is 1. The Hall–Kier alpha value is -2.83. The molecular weight excluding hydrogens is 416 g/mol. The summed E-state index contributed by atoms with van der Waals surface area (Å²) in [6, 6.07) is 9.93. The second-order valence-corrected chi connectivity index (χ2v) is 8.45. The van der Waals surface area contributed by atoms with Crippen LogP contribution >= 0.6 is 11.6 Å². The van der Waals surface area contributed by atoms with E-state index >= 15 is 0 Å². The molecule has 7 heteroatoms. The second kappa shape index (κ2) is 9.12. The highest BCUT2D eigenvalue weighted by molar-refractivity contribution is 6.46. The molecule has 2 aromatic carbocycles. The molecule has 1 heterocycles. The fraction of sp³-hybridized carbons (Fsp3) is 0.333. The number of aryl methyl sites for hydroxylation is 2. The lowest BCUT2D eigenvalue weighted by molar-refractivity contribution is -0.140. The van der Waals surface area contributed by atoms with Crippen molar-refractivity contribution >= 4 is 29.1 Å². The van der Waals surface area contributed by atoms with E-state index in [-0.39, 0.29) is 11.3 Å². The molecule has 164 valence electrons. The number of benzene rings is 2. The number of Topliss-reactive ketones (excluding diaryl/α,β-unsaturated/α-hetero) is 1. The van der Waals surface area contributed by atoms with Gasteiger partial charge in [0.15, 0.2) is 0 Å². The van der Waals surface area contributed by atoms with Gasteiger partial charge in [-0.15, -0.1) is 0 Å². The number of amides is 1. The van der Waals surface area contributed by atoms with Crippen LogP contribution in [0.1, 0.15) is 28.3 Å². The van der Waals surface area contributed by atoms with Crippen LogP contribution in [0.25, 0.3) is 5.76 Å². The van der Waals surface area contributed by atoms with E-state index in [2.05, 4.69) is 0 Å². The van der Waals surface area contributed by atoms with Gasteiger partial charge in [0.25, 0.3) is 11.7 Å². The molecule has 0 bridgehead atoms. The number of likely N-dealkylation sites (N-methyl/N-ethyl adjacent to an activating group) is 1. The molecule has 6 nitrogen and oxygen atoms in total. The predicted molar refractivity (Wildman–Crippen MR) is 121 cm³/mol. The number of methoxy groups -OCH3 is 1. The van der Waals surface area contributed by atoms with Crippen LogP contribution in [0.5, 0.6) is 5.75 Å². The lowest BCUT2D eigenvalue weighted by Gasteiger charge is -2.26. The Morgan fingerprint density at radius 1 is 1.16 bits per heavy atom. The van der Waals surface area contributed by atoms with Gasteiger partial charge in [0.05, 0.1) is 24.3 Å². The molecule has 0 spiro atoms. The highest BCUT2D eigenvalue weighted by Crippen LogP contribution is 2.41. The zero-order chi connectivity index (χ0) is 22.9. The fourth-order valence-electron chi connectivity index (χ4n) is 3.96. The van der Waals surface area contributed by atoms with Crippen LogP contribution in [0.3, 0.4) is 0 Å². The van der Waals surface area contributed by atoms with Crippen LogP contribution in [0, 0.1) is 13.8 Å². The summed E-state index contributed by atoms with van der Waals surface area (Å²) in [7, 11) is 5.31. The molecule has 1 amide bonds. The molecule has 1 saturated heterocycles. The summed E-state index contributed by atoms with van der Waals surface area (Å²) in [6.07, 6.45) is 0. The van der Waals surface area contributed by atoms with E-state index in [1.807, 2.05) is 38.9 Å². The lowest BCUT2D eigenvalue weighted by Crippen LogP contribution is -2.35. The number of aliphatic hydroxyl groups is 1. The Kier molecular flexibility index (Phi) is 6.72. The van der Waals surface area contributed by atoms with E-state index in [0.29, 0.717) is 35.0 Å². The first kappa shape index (κ1) is 22.8. The smallest absolute Gasteiger partial charge is 0.295 e. The highest BCUT2D eigenvalue weighted by Gasteiger charge is 2.46. The number of hydrogen-bond acceptors (Lipinski definition) is 5. The average Bonchev–Trinajstić information content (AvgIpc) is 2.96.